The molecule has 3 aromatic carbocycles. The molecule has 2 aliphatic rings. The molecule has 0 saturated carbocycles. The summed E-state index contributed by atoms with van der Waals surface area (Å²) in [5.41, 5.74) is 7.14. The monoisotopic (exact) mass is 1020 g/mol. The first-order valence-electron chi connectivity index (χ1n) is 18.3. The zero-order chi connectivity index (χ0) is 43.1. The fourth-order valence-electron chi connectivity index (χ4n) is 6.27. The van der Waals surface area contributed by atoms with E-state index in [0.717, 1.165) is 93.3 Å². The molecule has 10 nitrogen and oxygen atoms in total. The van der Waals surface area contributed by atoms with Crippen LogP contribution in [0.5, 0.6) is 23.3 Å². The molecule has 0 fully saturated rings. The molecule has 6 aromatic rings. The number of rotatable bonds is 7. The number of nitrogens with zero attached hydrogens (tertiary/aromatic N) is 7. The van der Waals surface area contributed by atoms with Crippen molar-refractivity contribution in [3.05, 3.63) is 144 Å². The Balaban J connectivity index is 0.000000201. The molecule has 0 spiro atoms. The van der Waals surface area contributed by atoms with Crippen LogP contribution in [-0.4, -0.2) is 36.1 Å². The predicted octanol–water partition coefficient (Wildman–Crippen LogP) is 11.3. The summed E-state index contributed by atoms with van der Waals surface area (Å²) in [6.07, 6.45) is -9.01. The van der Waals surface area contributed by atoms with Crippen molar-refractivity contribution in [2.24, 2.45) is 0 Å². The normalized spacial score (nSPS) is 13.1. The SMILES string of the molecule is CN(C)c1cc(Oc2[c-]cc(C(F)(F)F)cc2)nc(Oc2[c-]cc(C(F)(F)F)cc2)c1.Cc1ccc2c(n1)N(c1[c-]c(N3[CH-]N(C)c4ccc(C)nc43)c(C)cc1C)[CH-]N2.[Ir]. The summed E-state index contributed by atoms with van der Waals surface area (Å²) in [5.74, 6) is 1.79. The first kappa shape index (κ1) is 44.5. The van der Waals surface area contributed by atoms with Gasteiger partial charge in [-0.05, 0) is 45.2 Å². The van der Waals surface area contributed by atoms with Gasteiger partial charge in [-0.3, -0.25) is 0 Å². The Morgan fingerprint density at radius 1 is 0.672 bits per heavy atom. The first-order valence-corrected chi connectivity index (χ1v) is 18.3. The molecule has 0 aliphatic carbocycles. The van der Waals surface area contributed by atoms with E-state index in [2.05, 4.69) is 81.9 Å². The van der Waals surface area contributed by atoms with Gasteiger partial charge in [0.1, 0.15) is 11.6 Å². The third kappa shape index (κ3) is 9.95. The summed E-state index contributed by atoms with van der Waals surface area (Å²) >= 11 is 0. The molecule has 0 atom stereocenters. The van der Waals surface area contributed by atoms with Crippen molar-refractivity contribution in [2.45, 2.75) is 40.0 Å². The molecule has 0 unspecified atom stereocenters. The van der Waals surface area contributed by atoms with Crippen LogP contribution in [0.15, 0.2) is 78.9 Å². The molecular weight excluding hydrogens is 979 g/mol. The number of benzene rings is 3. The number of aromatic nitrogens is 3. The maximum absolute atomic E-state index is 12.7. The van der Waals surface area contributed by atoms with Crippen LogP contribution >= 0.6 is 0 Å². The number of anilines is 7. The van der Waals surface area contributed by atoms with Crippen molar-refractivity contribution in [1.29, 1.82) is 0 Å². The van der Waals surface area contributed by atoms with E-state index in [0.29, 0.717) is 5.69 Å². The number of pyridine rings is 3. The second-order valence-corrected chi connectivity index (χ2v) is 14.2. The summed E-state index contributed by atoms with van der Waals surface area (Å²) in [6.45, 7) is 12.3. The van der Waals surface area contributed by atoms with Crippen LogP contribution < -0.4 is 34.4 Å². The molecule has 61 heavy (non-hydrogen) atoms. The Morgan fingerprint density at radius 3 is 1.70 bits per heavy atom. The van der Waals surface area contributed by atoms with Gasteiger partial charge in [-0.15, -0.1) is 41.5 Å². The predicted molar refractivity (Wildman–Crippen MR) is 217 cm³/mol. The second-order valence-electron chi connectivity index (χ2n) is 14.2. The Morgan fingerprint density at radius 2 is 1.20 bits per heavy atom. The zero-order valence-corrected chi connectivity index (χ0v) is 36.1. The third-order valence-electron chi connectivity index (χ3n) is 9.31. The van der Waals surface area contributed by atoms with Crippen LogP contribution in [0, 0.1) is 59.2 Å². The molecule has 17 heteroatoms. The van der Waals surface area contributed by atoms with Gasteiger partial charge in [-0.1, -0.05) is 36.3 Å². The largest absolute Gasteiger partial charge is 0.513 e. The summed E-state index contributed by atoms with van der Waals surface area (Å²) in [7, 11) is 5.48. The van der Waals surface area contributed by atoms with Gasteiger partial charge < -0.3 is 34.4 Å². The Bertz CT molecular complexity index is 2440. The Hall–Kier alpha value is -6.06. The van der Waals surface area contributed by atoms with E-state index in [1.165, 1.54) is 12.1 Å². The topological polar surface area (TPSA) is 82.1 Å². The van der Waals surface area contributed by atoms with Gasteiger partial charge in [0, 0.05) is 86.3 Å². The van der Waals surface area contributed by atoms with Crippen molar-refractivity contribution in [3.63, 3.8) is 0 Å². The van der Waals surface area contributed by atoms with Crippen LogP contribution in [0.2, 0.25) is 0 Å². The van der Waals surface area contributed by atoms with E-state index in [9.17, 15) is 26.3 Å². The fraction of sp³-hybridized carbons (Fsp3) is 0.205. The third-order valence-corrected chi connectivity index (χ3v) is 9.31. The molecule has 1 radical (unpaired) electrons. The van der Waals surface area contributed by atoms with Crippen molar-refractivity contribution >= 4 is 40.1 Å². The van der Waals surface area contributed by atoms with E-state index in [1.54, 1.807) is 19.0 Å². The average molecular weight is 1020 g/mol. The molecule has 5 heterocycles. The van der Waals surface area contributed by atoms with Crippen LogP contribution in [0.4, 0.5) is 66.4 Å². The number of alkyl halides is 6. The Kier molecular flexibility index (Phi) is 12.8. The molecule has 0 saturated heterocycles. The van der Waals surface area contributed by atoms with E-state index in [1.807, 2.05) is 39.7 Å². The summed E-state index contributed by atoms with van der Waals surface area (Å²) < 4.78 is 87.0. The minimum atomic E-state index is -4.50. The van der Waals surface area contributed by atoms with E-state index < -0.39 is 23.5 Å². The van der Waals surface area contributed by atoms with Crippen LogP contribution in [-0.2, 0) is 32.5 Å². The second kappa shape index (κ2) is 17.5. The van der Waals surface area contributed by atoms with Crippen molar-refractivity contribution in [1.82, 2.24) is 15.0 Å². The molecule has 321 valence electrons. The number of nitrogens with one attached hydrogen (secondary N) is 1. The molecule has 8 rings (SSSR count). The van der Waals surface area contributed by atoms with Gasteiger partial charge in [0.2, 0.25) is 11.8 Å². The van der Waals surface area contributed by atoms with Crippen molar-refractivity contribution < 1.29 is 55.9 Å². The van der Waals surface area contributed by atoms with Gasteiger partial charge in [0.15, 0.2) is 0 Å². The van der Waals surface area contributed by atoms with Crippen molar-refractivity contribution in [2.75, 3.05) is 46.1 Å². The standard InChI is InChI=1S/C23H23N6.C21H14F6N2O2.Ir/c1-14-10-15(2)21(29-13-27(5)19-9-7-17(4)26-23(19)29)11-20(14)28-12-24-18-8-6-16(3)25-22(18)28;1-29(2)15-11-18(30-16-7-3-13(4-8-16)20(22,23)24)28-19(12-15)31-17-9-5-14(6-10-17)21(25,26)27;/h6-10,12-13,24H,1-5H3;3-7,9,11-12H,1-2H3;/q-3;-2;. The number of hydrogen-bond donors (Lipinski definition) is 1. The molecule has 3 aromatic heterocycles. The molecule has 1 N–H and O–H groups in total. The number of ether oxygens (including phenoxy) is 2. The van der Waals surface area contributed by atoms with E-state index in [-0.39, 0.29) is 43.4 Å². The zero-order valence-electron chi connectivity index (χ0n) is 33.7. The van der Waals surface area contributed by atoms with Gasteiger partial charge in [0.05, 0.1) is 0 Å². The number of fused-ring (bicyclic) bond motifs is 2. The smallest absolute Gasteiger partial charge is 0.370 e. The minimum absolute atomic E-state index is 0. The van der Waals surface area contributed by atoms with Crippen LogP contribution in [0.3, 0.4) is 0 Å². The number of hydrogen-bond acceptors (Lipinski definition) is 10. The van der Waals surface area contributed by atoms with Crippen LogP contribution in [0.1, 0.15) is 33.6 Å². The Labute approximate surface area is 363 Å². The van der Waals surface area contributed by atoms with Crippen LogP contribution in [0.25, 0.3) is 0 Å². The van der Waals surface area contributed by atoms with E-state index >= 15 is 0 Å². The quantitative estimate of drug-likeness (QED) is 0.123. The minimum Gasteiger partial charge on any atom is -0.513 e. The molecule has 0 bridgehead atoms. The summed E-state index contributed by atoms with van der Waals surface area (Å²) in [6, 6.07) is 27.2. The summed E-state index contributed by atoms with van der Waals surface area (Å²) in [5, 5.41) is 3.31. The fourth-order valence-corrected chi connectivity index (χ4v) is 6.27. The summed E-state index contributed by atoms with van der Waals surface area (Å²) in [4.78, 5) is 21.6. The molecular formula is C44H37F6IrN8O2-5. The molecule has 2 aliphatic heterocycles. The maximum atomic E-state index is 12.7. The van der Waals surface area contributed by atoms with Gasteiger partial charge in [0.25, 0.3) is 0 Å². The van der Waals surface area contributed by atoms with Gasteiger partial charge >= 0.3 is 12.4 Å². The van der Waals surface area contributed by atoms with E-state index in [4.69, 9.17) is 19.4 Å². The maximum Gasteiger partial charge on any atom is 0.370 e. The molecule has 0 amide bonds. The first-order chi connectivity index (χ1) is 28.3. The number of aryl methyl sites for hydroxylation is 4. The number of halogens is 6. The van der Waals surface area contributed by atoms with Gasteiger partial charge in [-0.2, -0.15) is 75.0 Å². The average Bonchev–Trinajstić information content (AvgIpc) is 3.74. The van der Waals surface area contributed by atoms with Crippen molar-refractivity contribution in [3.8, 4) is 23.3 Å². The van der Waals surface area contributed by atoms with Gasteiger partial charge in [-0.25, -0.2) is 9.97 Å².